The maximum Gasteiger partial charge on any atom is 0.287 e. The molecule has 1 atom stereocenters. The molecule has 3 aromatic heterocycles. The normalized spacial score (nSPS) is 12.4. The molecule has 0 saturated carbocycles. The van der Waals surface area contributed by atoms with E-state index in [1.165, 1.54) is 6.26 Å². The molecular weight excluding hydrogens is 324 g/mol. The summed E-state index contributed by atoms with van der Waals surface area (Å²) in [5, 5.41) is 14.7. The Morgan fingerprint density at radius 1 is 1.32 bits per heavy atom. The summed E-state index contributed by atoms with van der Waals surface area (Å²) in [6, 6.07) is 8.34. The lowest BCUT2D eigenvalue weighted by Crippen LogP contribution is -2.26. The van der Waals surface area contributed by atoms with Crippen LogP contribution in [0.5, 0.6) is 0 Å². The largest absolute Gasteiger partial charge is 0.459 e. The van der Waals surface area contributed by atoms with Crippen molar-refractivity contribution < 1.29 is 13.7 Å². The van der Waals surface area contributed by atoms with E-state index in [-0.39, 0.29) is 11.7 Å². The van der Waals surface area contributed by atoms with Gasteiger partial charge in [0.1, 0.15) is 11.6 Å². The summed E-state index contributed by atoms with van der Waals surface area (Å²) in [6.07, 6.45) is 1.44. The van der Waals surface area contributed by atoms with E-state index in [4.69, 9.17) is 8.94 Å². The third-order valence-corrected chi connectivity index (χ3v) is 3.77. The van der Waals surface area contributed by atoms with E-state index in [0.29, 0.717) is 11.7 Å². The summed E-state index contributed by atoms with van der Waals surface area (Å²) in [5.74, 6) is 0.607. The van der Waals surface area contributed by atoms with Gasteiger partial charge in [-0.3, -0.25) is 4.79 Å². The molecule has 0 fully saturated rings. The lowest BCUT2D eigenvalue weighted by Gasteiger charge is -2.07. The van der Waals surface area contributed by atoms with E-state index >= 15 is 0 Å². The molecule has 9 nitrogen and oxygen atoms in total. The van der Waals surface area contributed by atoms with Crippen molar-refractivity contribution in [1.29, 1.82) is 0 Å². The molecule has 4 rings (SSSR count). The number of nitrogens with one attached hydrogen (secondary N) is 1. The second kappa shape index (κ2) is 5.86. The summed E-state index contributed by atoms with van der Waals surface area (Å²) in [6.45, 7) is 1.76. The Bertz CT molecular complexity index is 1030. The molecule has 1 N–H and O–H groups in total. The Labute approximate surface area is 141 Å². The van der Waals surface area contributed by atoms with Gasteiger partial charge in [0.25, 0.3) is 5.91 Å². The number of hydrogen-bond acceptors (Lipinski definition) is 7. The molecule has 9 heteroatoms. The van der Waals surface area contributed by atoms with Crippen molar-refractivity contribution in [2.24, 2.45) is 7.05 Å². The number of amides is 1. The topological polar surface area (TPSA) is 112 Å². The molecule has 126 valence electrons. The zero-order valence-corrected chi connectivity index (χ0v) is 13.5. The van der Waals surface area contributed by atoms with Gasteiger partial charge < -0.3 is 14.3 Å². The van der Waals surface area contributed by atoms with Crippen LogP contribution in [0.15, 0.2) is 45.5 Å². The lowest BCUT2D eigenvalue weighted by atomic mass is 10.2. The standard InChI is InChI=1S/C16H14N6O3/c1-9(17-15(23)13-4-3-7-24-13)16-18-14(20-25-16)10-5-6-11-12(8-10)22(2)21-19-11/h3-9H,1-2H3,(H,17,23). The van der Waals surface area contributed by atoms with Crippen LogP contribution in [0, 0.1) is 0 Å². The Morgan fingerprint density at radius 2 is 2.20 bits per heavy atom. The van der Waals surface area contributed by atoms with Crippen molar-refractivity contribution >= 4 is 16.9 Å². The molecular formula is C16H14N6O3. The van der Waals surface area contributed by atoms with Crippen LogP contribution in [-0.4, -0.2) is 31.0 Å². The molecule has 25 heavy (non-hydrogen) atoms. The fourth-order valence-corrected chi connectivity index (χ4v) is 2.44. The molecule has 0 aliphatic carbocycles. The fourth-order valence-electron chi connectivity index (χ4n) is 2.44. The maximum absolute atomic E-state index is 12.0. The van der Waals surface area contributed by atoms with Crippen molar-refractivity contribution in [2.75, 3.05) is 0 Å². The van der Waals surface area contributed by atoms with Gasteiger partial charge in [-0.1, -0.05) is 10.4 Å². The zero-order chi connectivity index (χ0) is 17.4. The van der Waals surface area contributed by atoms with E-state index in [0.717, 1.165) is 16.6 Å². The Morgan fingerprint density at radius 3 is 3.00 bits per heavy atom. The number of furan rings is 1. The van der Waals surface area contributed by atoms with Crippen molar-refractivity contribution in [2.45, 2.75) is 13.0 Å². The summed E-state index contributed by atoms with van der Waals surface area (Å²) in [7, 11) is 1.81. The van der Waals surface area contributed by atoms with Gasteiger partial charge in [0.2, 0.25) is 11.7 Å². The number of carbonyl (C=O) groups excluding carboxylic acids is 1. The van der Waals surface area contributed by atoms with Crippen molar-refractivity contribution in [3.63, 3.8) is 0 Å². The van der Waals surface area contributed by atoms with E-state index in [1.54, 1.807) is 23.7 Å². The summed E-state index contributed by atoms with van der Waals surface area (Å²) >= 11 is 0. The minimum Gasteiger partial charge on any atom is -0.459 e. The molecule has 0 saturated heterocycles. The first kappa shape index (κ1) is 15.1. The SMILES string of the molecule is CC(NC(=O)c1ccco1)c1nc(-c2ccc3nnn(C)c3c2)no1. The van der Waals surface area contributed by atoms with Gasteiger partial charge in [0, 0.05) is 12.6 Å². The minimum absolute atomic E-state index is 0.223. The number of aromatic nitrogens is 5. The molecule has 3 heterocycles. The smallest absolute Gasteiger partial charge is 0.287 e. The van der Waals surface area contributed by atoms with E-state index < -0.39 is 6.04 Å². The van der Waals surface area contributed by atoms with E-state index in [9.17, 15) is 4.79 Å². The molecule has 4 aromatic rings. The molecule has 0 bridgehead atoms. The third-order valence-electron chi connectivity index (χ3n) is 3.77. The zero-order valence-electron chi connectivity index (χ0n) is 13.5. The molecule has 1 amide bonds. The van der Waals surface area contributed by atoms with Gasteiger partial charge in [-0.05, 0) is 37.3 Å². The summed E-state index contributed by atoms with van der Waals surface area (Å²) in [4.78, 5) is 16.4. The quantitative estimate of drug-likeness (QED) is 0.606. The van der Waals surface area contributed by atoms with Gasteiger partial charge in [0.05, 0.1) is 11.8 Å². The number of nitrogens with zero attached hydrogens (tertiary/aromatic N) is 5. The maximum atomic E-state index is 12.0. The number of carbonyl (C=O) groups is 1. The predicted octanol–water partition coefficient (Wildman–Crippen LogP) is 2.10. The molecule has 0 aliphatic rings. The number of aryl methyl sites for hydroxylation is 1. The van der Waals surface area contributed by atoms with Crippen LogP contribution in [-0.2, 0) is 7.05 Å². The Balaban J connectivity index is 1.56. The first-order chi connectivity index (χ1) is 12.1. The summed E-state index contributed by atoms with van der Waals surface area (Å²) in [5.41, 5.74) is 2.43. The highest BCUT2D eigenvalue weighted by molar-refractivity contribution is 5.91. The first-order valence-electron chi connectivity index (χ1n) is 7.59. The van der Waals surface area contributed by atoms with Crippen molar-refractivity contribution in [1.82, 2.24) is 30.5 Å². The molecule has 1 unspecified atom stereocenters. The van der Waals surface area contributed by atoms with Crippen LogP contribution in [0.1, 0.15) is 29.4 Å². The van der Waals surface area contributed by atoms with Crippen LogP contribution < -0.4 is 5.32 Å². The van der Waals surface area contributed by atoms with Crippen LogP contribution in [0.2, 0.25) is 0 Å². The lowest BCUT2D eigenvalue weighted by molar-refractivity contribution is 0.0904. The molecule has 0 radical (unpaired) electrons. The molecule has 0 aliphatic heterocycles. The Kier molecular flexibility index (Phi) is 3.53. The van der Waals surface area contributed by atoms with Gasteiger partial charge >= 0.3 is 0 Å². The average molecular weight is 338 g/mol. The molecule has 1 aromatic carbocycles. The van der Waals surface area contributed by atoms with Gasteiger partial charge in [0.15, 0.2) is 5.76 Å². The summed E-state index contributed by atoms with van der Waals surface area (Å²) < 4.78 is 12.0. The molecule has 0 spiro atoms. The highest BCUT2D eigenvalue weighted by Crippen LogP contribution is 2.22. The second-order valence-electron chi connectivity index (χ2n) is 5.55. The highest BCUT2D eigenvalue weighted by atomic mass is 16.5. The number of rotatable bonds is 4. The first-order valence-corrected chi connectivity index (χ1v) is 7.59. The van der Waals surface area contributed by atoms with Crippen LogP contribution in [0.3, 0.4) is 0 Å². The van der Waals surface area contributed by atoms with Gasteiger partial charge in [-0.25, -0.2) is 4.68 Å². The number of benzene rings is 1. The van der Waals surface area contributed by atoms with Crippen LogP contribution in [0.4, 0.5) is 0 Å². The fraction of sp³-hybridized carbons (Fsp3) is 0.188. The van der Waals surface area contributed by atoms with Crippen LogP contribution in [0.25, 0.3) is 22.4 Å². The average Bonchev–Trinajstić information content (AvgIpc) is 3.36. The van der Waals surface area contributed by atoms with E-state index in [2.05, 4.69) is 25.8 Å². The second-order valence-corrected chi connectivity index (χ2v) is 5.55. The third kappa shape index (κ3) is 2.75. The minimum atomic E-state index is -0.457. The Hall–Kier alpha value is -3.49. The number of hydrogen-bond donors (Lipinski definition) is 1. The van der Waals surface area contributed by atoms with Gasteiger partial charge in [-0.15, -0.1) is 5.10 Å². The highest BCUT2D eigenvalue weighted by Gasteiger charge is 2.19. The van der Waals surface area contributed by atoms with E-state index in [1.807, 2.05) is 25.2 Å². The number of fused-ring (bicyclic) bond motifs is 1. The van der Waals surface area contributed by atoms with Gasteiger partial charge in [-0.2, -0.15) is 4.98 Å². The van der Waals surface area contributed by atoms with Crippen LogP contribution >= 0.6 is 0 Å². The predicted molar refractivity (Wildman–Crippen MR) is 86.4 cm³/mol. The monoisotopic (exact) mass is 338 g/mol. The van der Waals surface area contributed by atoms with Crippen molar-refractivity contribution in [3.8, 4) is 11.4 Å². The van der Waals surface area contributed by atoms with Crippen molar-refractivity contribution in [3.05, 3.63) is 48.2 Å².